The van der Waals surface area contributed by atoms with Crippen molar-refractivity contribution >= 4 is 46.0 Å². The van der Waals surface area contributed by atoms with Gasteiger partial charge in [0, 0.05) is 54.8 Å². The van der Waals surface area contributed by atoms with Crippen LogP contribution in [0.15, 0.2) is 30.7 Å². The Morgan fingerprint density at radius 1 is 1.24 bits per heavy atom. The maximum atomic E-state index is 13.6. The van der Waals surface area contributed by atoms with E-state index >= 15 is 0 Å². The highest BCUT2D eigenvalue weighted by molar-refractivity contribution is 6.31. The zero-order valence-electron chi connectivity index (χ0n) is 22.2. The summed E-state index contributed by atoms with van der Waals surface area (Å²) >= 11 is 6.31. The van der Waals surface area contributed by atoms with E-state index in [1.807, 2.05) is 30.7 Å². The molecule has 38 heavy (non-hydrogen) atoms. The monoisotopic (exact) mass is 540 g/mol. The first-order chi connectivity index (χ1) is 17.8. The molecule has 1 aliphatic rings. The Hall–Kier alpha value is -3.53. The molecule has 1 fully saturated rings. The largest absolute Gasteiger partial charge is 0.443 e. The molecule has 11 heteroatoms. The molecule has 0 unspecified atom stereocenters. The number of carbonyl (C=O) groups is 2. The molecular formula is C27H30ClFN6O3. The van der Waals surface area contributed by atoms with Crippen molar-refractivity contribution in [3.63, 3.8) is 0 Å². The summed E-state index contributed by atoms with van der Waals surface area (Å²) in [6.07, 6.45) is 3.88. The highest BCUT2D eigenvalue weighted by atomic mass is 35.5. The lowest BCUT2D eigenvalue weighted by Crippen LogP contribution is -2.35. The van der Waals surface area contributed by atoms with Gasteiger partial charge in [0.25, 0.3) is 0 Å². The standard InChI is InChI=1S/C27H30ClFN6O3/c1-14(2)34-13-19(17-9-16(28)11-30-24(17)34)21-10-23(33(6)26(37)38-27(3,4)5)35-25(32-21)18(12-31-35)22(36)8-15-7-20(15)29/h9-15,20H,7-8H2,1-6H3/t15-,20-/m0/s1. The van der Waals surface area contributed by atoms with E-state index in [-0.39, 0.29) is 35.4 Å². The van der Waals surface area contributed by atoms with Crippen LogP contribution in [0.25, 0.3) is 27.9 Å². The van der Waals surface area contributed by atoms with Crippen LogP contribution >= 0.6 is 11.6 Å². The van der Waals surface area contributed by atoms with Crippen LogP contribution in [-0.4, -0.2) is 54.8 Å². The zero-order valence-corrected chi connectivity index (χ0v) is 23.0. The SMILES string of the molecule is CC(C)n1cc(-c2cc(N(C)C(=O)OC(C)(C)C)n3ncc(C(=O)C[C@@H]4C[C@@H]4F)c3n2)c2cc(Cl)cnc21. The number of carbonyl (C=O) groups excluding carboxylic acids is 2. The summed E-state index contributed by atoms with van der Waals surface area (Å²) in [6, 6.07) is 3.64. The minimum absolute atomic E-state index is 0.0812. The number of alkyl halides is 1. The maximum Gasteiger partial charge on any atom is 0.415 e. The van der Waals surface area contributed by atoms with Crippen LogP contribution in [0.1, 0.15) is 63.9 Å². The van der Waals surface area contributed by atoms with Gasteiger partial charge in [-0.1, -0.05) is 11.6 Å². The Morgan fingerprint density at radius 3 is 2.58 bits per heavy atom. The molecule has 5 rings (SSSR count). The highest BCUT2D eigenvalue weighted by Crippen LogP contribution is 2.39. The molecule has 4 aromatic heterocycles. The fraction of sp³-hybridized carbons (Fsp3) is 0.444. The molecule has 0 radical (unpaired) electrons. The third-order valence-corrected chi connectivity index (χ3v) is 6.72. The van der Waals surface area contributed by atoms with Crippen LogP contribution in [0.5, 0.6) is 0 Å². The van der Waals surface area contributed by atoms with Crippen LogP contribution in [0, 0.1) is 5.92 Å². The smallest absolute Gasteiger partial charge is 0.415 e. The predicted octanol–water partition coefficient (Wildman–Crippen LogP) is 6.28. The average Bonchev–Trinajstić information content (AvgIpc) is 3.21. The van der Waals surface area contributed by atoms with Gasteiger partial charge >= 0.3 is 6.09 Å². The van der Waals surface area contributed by atoms with E-state index in [1.165, 1.54) is 15.6 Å². The van der Waals surface area contributed by atoms with Crippen LogP contribution in [0.2, 0.25) is 5.02 Å². The fourth-order valence-corrected chi connectivity index (χ4v) is 4.58. The number of nitrogens with zero attached hydrogens (tertiary/aromatic N) is 6. The van der Waals surface area contributed by atoms with Crippen molar-refractivity contribution in [1.29, 1.82) is 0 Å². The predicted molar refractivity (Wildman–Crippen MR) is 144 cm³/mol. The number of hydrogen-bond donors (Lipinski definition) is 0. The number of Topliss-reactive ketones (excluding diaryl/α,β-unsaturated/α-hetero) is 1. The maximum absolute atomic E-state index is 13.6. The van der Waals surface area contributed by atoms with Gasteiger partial charge in [-0.25, -0.2) is 19.2 Å². The molecule has 2 atom stereocenters. The van der Waals surface area contributed by atoms with Gasteiger partial charge in [-0.2, -0.15) is 9.61 Å². The molecule has 0 bridgehead atoms. The zero-order chi connectivity index (χ0) is 27.5. The van der Waals surface area contributed by atoms with E-state index < -0.39 is 17.9 Å². The van der Waals surface area contributed by atoms with E-state index in [4.69, 9.17) is 21.3 Å². The Balaban J connectivity index is 1.71. The van der Waals surface area contributed by atoms with E-state index in [9.17, 15) is 14.0 Å². The molecule has 1 amide bonds. The summed E-state index contributed by atoms with van der Waals surface area (Å²) in [4.78, 5) is 36.8. The van der Waals surface area contributed by atoms with Gasteiger partial charge in [0.2, 0.25) is 0 Å². The second-order valence-corrected chi connectivity index (χ2v) is 11.5. The third kappa shape index (κ3) is 4.84. The van der Waals surface area contributed by atoms with Gasteiger partial charge in [-0.15, -0.1) is 0 Å². The summed E-state index contributed by atoms with van der Waals surface area (Å²) < 4.78 is 22.6. The van der Waals surface area contributed by atoms with Gasteiger partial charge in [-0.05, 0) is 47.1 Å². The normalized spacial score (nSPS) is 17.4. The quantitative estimate of drug-likeness (QED) is 0.267. The van der Waals surface area contributed by atoms with Gasteiger partial charge in [0.1, 0.15) is 23.2 Å². The molecule has 200 valence electrons. The van der Waals surface area contributed by atoms with E-state index in [0.717, 1.165) is 16.6 Å². The number of halogens is 2. The number of fused-ring (bicyclic) bond motifs is 2. The van der Waals surface area contributed by atoms with Crippen LogP contribution in [-0.2, 0) is 4.74 Å². The van der Waals surface area contributed by atoms with Crippen molar-refractivity contribution in [3.8, 4) is 11.3 Å². The van der Waals surface area contributed by atoms with Crippen molar-refractivity contribution in [2.45, 2.75) is 65.3 Å². The van der Waals surface area contributed by atoms with Crippen LogP contribution < -0.4 is 4.90 Å². The van der Waals surface area contributed by atoms with Crippen LogP contribution in [0.3, 0.4) is 0 Å². The van der Waals surface area contributed by atoms with Crippen molar-refractivity contribution < 1.29 is 18.7 Å². The third-order valence-electron chi connectivity index (χ3n) is 6.52. The molecular weight excluding hydrogens is 511 g/mol. The average molecular weight is 541 g/mol. The van der Waals surface area contributed by atoms with Crippen molar-refractivity contribution in [2.75, 3.05) is 11.9 Å². The molecule has 4 heterocycles. The summed E-state index contributed by atoms with van der Waals surface area (Å²) in [5.41, 5.74) is 1.79. The van der Waals surface area contributed by atoms with E-state index in [1.54, 1.807) is 40.1 Å². The molecule has 1 saturated carbocycles. The topological polar surface area (TPSA) is 94.6 Å². The summed E-state index contributed by atoms with van der Waals surface area (Å²) in [6.45, 7) is 9.43. The number of rotatable bonds is 6. The number of aromatic nitrogens is 5. The van der Waals surface area contributed by atoms with E-state index in [0.29, 0.717) is 23.0 Å². The number of hydrogen-bond acceptors (Lipinski definition) is 6. The van der Waals surface area contributed by atoms with Gasteiger partial charge in [-0.3, -0.25) is 9.69 Å². The first-order valence-corrected chi connectivity index (χ1v) is 12.9. The van der Waals surface area contributed by atoms with Gasteiger partial charge in [0.05, 0.1) is 22.5 Å². The minimum Gasteiger partial charge on any atom is -0.443 e. The van der Waals surface area contributed by atoms with Gasteiger partial charge in [0.15, 0.2) is 11.4 Å². The number of anilines is 1. The first kappa shape index (κ1) is 26.1. The summed E-state index contributed by atoms with van der Waals surface area (Å²) in [5.74, 6) is -0.162. The van der Waals surface area contributed by atoms with Crippen molar-refractivity contribution in [1.82, 2.24) is 24.1 Å². The Morgan fingerprint density at radius 2 is 1.95 bits per heavy atom. The second kappa shape index (κ2) is 9.34. The molecule has 0 saturated heterocycles. The highest BCUT2D eigenvalue weighted by Gasteiger charge is 2.39. The lowest BCUT2D eigenvalue weighted by Gasteiger charge is -2.25. The van der Waals surface area contributed by atoms with Crippen molar-refractivity contribution in [2.24, 2.45) is 5.92 Å². The Labute approximate surface area is 224 Å². The van der Waals surface area contributed by atoms with Gasteiger partial charge < -0.3 is 9.30 Å². The number of ketones is 1. The number of ether oxygens (including phenoxy) is 1. The summed E-state index contributed by atoms with van der Waals surface area (Å²) in [5, 5.41) is 5.63. The number of pyridine rings is 1. The summed E-state index contributed by atoms with van der Waals surface area (Å²) in [7, 11) is 1.57. The lowest BCUT2D eigenvalue weighted by molar-refractivity contribution is 0.0587. The molecule has 0 aliphatic heterocycles. The fourth-order valence-electron chi connectivity index (χ4n) is 4.42. The van der Waals surface area contributed by atoms with Crippen molar-refractivity contribution in [3.05, 3.63) is 41.3 Å². The number of amides is 1. The Kier molecular flexibility index (Phi) is 6.41. The lowest BCUT2D eigenvalue weighted by atomic mass is 10.1. The first-order valence-electron chi connectivity index (χ1n) is 12.5. The van der Waals surface area contributed by atoms with E-state index in [2.05, 4.69) is 10.1 Å². The molecule has 4 aromatic rings. The molecule has 9 nitrogen and oxygen atoms in total. The van der Waals surface area contributed by atoms with Crippen LogP contribution in [0.4, 0.5) is 15.0 Å². The minimum atomic E-state index is -0.947. The molecule has 1 aliphatic carbocycles. The molecule has 0 N–H and O–H groups in total. The molecule has 0 spiro atoms. The second-order valence-electron chi connectivity index (χ2n) is 11.0. The molecule has 0 aromatic carbocycles. The Bertz CT molecular complexity index is 1570.